The third kappa shape index (κ3) is 3.87. The summed E-state index contributed by atoms with van der Waals surface area (Å²) in [4.78, 5) is 26.1. The molecular weight excluding hydrogens is 396 g/mol. The quantitative estimate of drug-likeness (QED) is 0.308. The molecule has 0 aromatic carbocycles. The van der Waals surface area contributed by atoms with Crippen molar-refractivity contribution in [2.75, 3.05) is 13.1 Å². The van der Waals surface area contributed by atoms with Crippen LogP contribution in [0.5, 0.6) is 0 Å². The number of hydrogen-bond acceptors (Lipinski definition) is 7. The van der Waals surface area contributed by atoms with Gasteiger partial charge in [-0.05, 0) is 13.3 Å². The number of fused-ring (bicyclic) bond motifs is 1. The smallest absolute Gasteiger partial charge is 0.353 e. The molecule has 0 radical (unpaired) electrons. The number of carboxylic acids is 1. The van der Waals surface area contributed by atoms with Gasteiger partial charge in [0.1, 0.15) is 5.70 Å². The predicted molar refractivity (Wildman–Crippen MR) is 98.5 cm³/mol. The van der Waals surface area contributed by atoms with Gasteiger partial charge in [-0.15, -0.1) is 11.8 Å². The molecular formula is C15H24N4O6S2. The van der Waals surface area contributed by atoms with Crippen LogP contribution in [-0.4, -0.2) is 71.9 Å². The Morgan fingerprint density at radius 1 is 1.52 bits per heavy atom. The van der Waals surface area contributed by atoms with Gasteiger partial charge in [0.15, 0.2) is 0 Å². The molecule has 0 spiro atoms. The molecule has 2 saturated heterocycles. The lowest BCUT2D eigenvalue weighted by Gasteiger charge is -2.46. The Morgan fingerprint density at radius 2 is 2.19 bits per heavy atom. The zero-order chi connectivity index (χ0) is 20.1. The number of aliphatic hydroxyl groups excluding tert-OH is 1. The van der Waals surface area contributed by atoms with Gasteiger partial charge in [0.05, 0.1) is 18.1 Å². The highest BCUT2D eigenvalue weighted by molar-refractivity contribution is 8.03. The number of aliphatic hydroxyl groups is 1. The van der Waals surface area contributed by atoms with Crippen LogP contribution < -0.4 is 15.2 Å². The van der Waals surface area contributed by atoms with E-state index in [4.69, 9.17) is 5.14 Å². The van der Waals surface area contributed by atoms with Crippen molar-refractivity contribution in [1.82, 2.24) is 14.9 Å². The molecule has 0 aromatic heterocycles. The van der Waals surface area contributed by atoms with Gasteiger partial charge in [0.2, 0.25) is 5.91 Å². The number of carbonyl (C=O) groups excluding carboxylic acids is 1. The first-order chi connectivity index (χ1) is 12.5. The molecule has 0 aliphatic carbocycles. The summed E-state index contributed by atoms with van der Waals surface area (Å²) in [5.74, 6) is -2.27. The number of aliphatic carboxylic acids is 1. The lowest BCUT2D eigenvalue weighted by Crippen LogP contribution is -2.63. The maximum Gasteiger partial charge on any atom is 0.353 e. The number of hydrogen-bond donors (Lipinski definition) is 5. The highest BCUT2D eigenvalue weighted by Gasteiger charge is 2.60. The van der Waals surface area contributed by atoms with Gasteiger partial charge in [-0.1, -0.05) is 6.92 Å². The summed E-state index contributed by atoms with van der Waals surface area (Å²) in [6.07, 6.45) is -0.197. The number of β-lactam (4-membered cyclic amide) rings is 1. The number of amides is 1. The number of nitrogens with two attached hydrogens (primary N) is 1. The first-order valence-electron chi connectivity index (χ1n) is 8.67. The summed E-state index contributed by atoms with van der Waals surface area (Å²) in [5.41, 5.74) is 0.00510. The minimum absolute atomic E-state index is 0.00510. The molecule has 152 valence electrons. The topological polar surface area (TPSA) is 162 Å². The molecule has 3 rings (SSSR count). The molecule has 0 bridgehead atoms. The van der Waals surface area contributed by atoms with E-state index in [9.17, 15) is 28.2 Å². The van der Waals surface area contributed by atoms with Crippen molar-refractivity contribution >= 4 is 33.8 Å². The monoisotopic (exact) mass is 420 g/mol. The summed E-state index contributed by atoms with van der Waals surface area (Å²) in [6, 6.07) is -0.435. The molecule has 10 nitrogen and oxygen atoms in total. The molecule has 2 fully saturated rings. The van der Waals surface area contributed by atoms with E-state index < -0.39 is 28.2 Å². The second kappa shape index (κ2) is 7.33. The average Bonchev–Trinajstić information content (AvgIpc) is 3.07. The second-order valence-electron chi connectivity index (χ2n) is 7.25. The Hall–Kier alpha value is -1.18. The standard InChI is InChI=1S/C15H24N4O6S2/c1-6-11-10(7(2)20)14(21)19(11)12(15(22)23)13(6)26-9-3-8(17-5-9)4-18-27(16,24)25/h6-11,17-18,20H,3-5H2,1-2H3,(H,22,23)(H2,16,24,25)/t6-,7+,8+,9+,10+,11-/m1/s1. The Labute approximate surface area is 161 Å². The van der Waals surface area contributed by atoms with Crippen molar-refractivity contribution in [3.05, 3.63) is 10.6 Å². The number of thioether (sulfide) groups is 1. The number of carboxylic acid groups (broad SMARTS) is 1. The van der Waals surface area contributed by atoms with E-state index in [1.165, 1.54) is 16.7 Å². The fourth-order valence-corrected chi connectivity index (χ4v) is 6.05. The number of carbonyl (C=O) groups is 2. The summed E-state index contributed by atoms with van der Waals surface area (Å²) >= 11 is 1.41. The highest BCUT2D eigenvalue weighted by atomic mass is 32.2. The van der Waals surface area contributed by atoms with Crippen LogP contribution in [0.4, 0.5) is 0 Å². The minimum atomic E-state index is -3.76. The third-order valence-electron chi connectivity index (χ3n) is 5.32. The Kier molecular flexibility index (Phi) is 5.58. The molecule has 12 heteroatoms. The van der Waals surface area contributed by atoms with Crippen LogP contribution in [0.1, 0.15) is 20.3 Å². The van der Waals surface area contributed by atoms with Crippen LogP contribution >= 0.6 is 11.8 Å². The SMILES string of the molecule is C[C@H](O)[C@@H]1C(=O)N2C(C(=O)O)=C(S[C@@H]3CN[C@H](CNS(N)(=O)=O)C3)[C@H](C)[C@H]12. The van der Waals surface area contributed by atoms with E-state index in [-0.39, 0.29) is 41.4 Å². The van der Waals surface area contributed by atoms with E-state index in [0.717, 1.165) is 0 Å². The predicted octanol–water partition coefficient (Wildman–Crippen LogP) is -1.60. The van der Waals surface area contributed by atoms with Gasteiger partial charge in [-0.2, -0.15) is 8.42 Å². The van der Waals surface area contributed by atoms with Crippen LogP contribution in [0, 0.1) is 11.8 Å². The first-order valence-corrected chi connectivity index (χ1v) is 11.1. The average molecular weight is 421 g/mol. The van der Waals surface area contributed by atoms with E-state index in [2.05, 4.69) is 10.0 Å². The van der Waals surface area contributed by atoms with Crippen molar-refractivity contribution in [1.29, 1.82) is 0 Å². The van der Waals surface area contributed by atoms with Crippen LogP contribution in [0.3, 0.4) is 0 Å². The van der Waals surface area contributed by atoms with E-state index in [1.807, 2.05) is 6.92 Å². The van der Waals surface area contributed by atoms with Crippen LogP contribution in [0.15, 0.2) is 10.6 Å². The molecule has 3 heterocycles. The molecule has 6 atom stereocenters. The van der Waals surface area contributed by atoms with Gasteiger partial charge in [-0.25, -0.2) is 14.7 Å². The van der Waals surface area contributed by atoms with Crippen LogP contribution in [0.25, 0.3) is 0 Å². The number of nitrogens with one attached hydrogen (secondary N) is 2. The van der Waals surface area contributed by atoms with Gasteiger partial charge in [0, 0.05) is 35.2 Å². The Morgan fingerprint density at radius 3 is 2.74 bits per heavy atom. The maximum absolute atomic E-state index is 12.3. The summed E-state index contributed by atoms with van der Waals surface area (Å²) in [5, 5.41) is 27.7. The Bertz CT molecular complexity index is 783. The summed E-state index contributed by atoms with van der Waals surface area (Å²) < 4.78 is 24.3. The van der Waals surface area contributed by atoms with Crippen LogP contribution in [0.2, 0.25) is 0 Å². The lowest BCUT2D eigenvalue weighted by molar-refractivity contribution is -0.163. The fraction of sp³-hybridized carbons (Fsp3) is 0.733. The van der Waals surface area contributed by atoms with Crippen LogP contribution in [-0.2, 0) is 19.8 Å². The summed E-state index contributed by atoms with van der Waals surface area (Å²) in [6.45, 7) is 4.17. The molecule has 0 unspecified atom stereocenters. The zero-order valence-corrected chi connectivity index (χ0v) is 16.6. The van der Waals surface area contributed by atoms with Crippen molar-refractivity contribution in [2.45, 2.75) is 43.7 Å². The molecule has 27 heavy (non-hydrogen) atoms. The van der Waals surface area contributed by atoms with E-state index in [1.54, 1.807) is 6.92 Å². The minimum Gasteiger partial charge on any atom is -0.477 e. The van der Waals surface area contributed by atoms with Gasteiger partial charge < -0.3 is 20.4 Å². The summed E-state index contributed by atoms with van der Waals surface area (Å²) in [7, 11) is -3.76. The second-order valence-corrected chi connectivity index (χ2v) is 9.97. The molecule has 0 saturated carbocycles. The fourth-order valence-electron chi connectivity index (χ4n) is 4.10. The highest BCUT2D eigenvalue weighted by Crippen LogP contribution is 2.51. The largest absolute Gasteiger partial charge is 0.477 e. The maximum atomic E-state index is 12.3. The molecule has 1 amide bonds. The third-order valence-corrected chi connectivity index (χ3v) is 7.40. The van der Waals surface area contributed by atoms with Gasteiger partial charge >= 0.3 is 5.97 Å². The molecule has 3 aliphatic rings. The molecule has 6 N–H and O–H groups in total. The van der Waals surface area contributed by atoms with Gasteiger partial charge in [0.25, 0.3) is 10.2 Å². The number of rotatable bonds is 7. The van der Waals surface area contributed by atoms with Crippen molar-refractivity contribution in [3.8, 4) is 0 Å². The van der Waals surface area contributed by atoms with Gasteiger partial charge in [-0.3, -0.25) is 4.79 Å². The molecule has 0 aromatic rings. The van der Waals surface area contributed by atoms with Crippen molar-refractivity contribution in [2.24, 2.45) is 17.0 Å². The molecule has 3 aliphatic heterocycles. The van der Waals surface area contributed by atoms with Crippen molar-refractivity contribution in [3.63, 3.8) is 0 Å². The number of nitrogens with zero attached hydrogens (tertiary/aromatic N) is 1. The lowest BCUT2D eigenvalue weighted by atomic mass is 9.79. The Balaban J connectivity index is 1.71. The first kappa shape index (κ1) is 20.6. The normalized spacial score (nSPS) is 34.6. The zero-order valence-electron chi connectivity index (χ0n) is 15.0. The van der Waals surface area contributed by atoms with E-state index >= 15 is 0 Å². The van der Waals surface area contributed by atoms with E-state index in [0.29, 0.717) is 17.9 Å². The van der Waals surface area contributed by atoms with Crippen molar-refractivity contribution < 1.29 is 28.2 Å².